The fraction of sp³-hybridized carbons (Fsp3) is 0.125. The van der Waals surface area contributed by atoms with Gasteiger partial charge in [0.05, 0.1) is 23.1 Å². The molecule has 0 bridgehead atoms. The minimum absolute atomic E-state index is 0.0921. The van der Waals surface area contributed by atoms with Gasteiger partial charge in [0.1, 0.15) is 11.3 Å². The summed E-state index contributed by atoms with van der Waals surface area (Å²) in [5.74, 6) is -1.03. The average Bonchev–Trinajstić information content (AvgIpc) is 2.55. The Kier molecular flexibility index (Phi) is 5.26. The van der Waals surface area contributed by atoms with E-state index in [1.807, 2.05) is 6.07 Å². The molecular formula is C16H14N2O6S. The van der Waals surface area contributed by atoms with E-state index < -0.39 is 16.0 Å². The zero-order chi connectivity index (χ0) is 18.6. The van der Waals surface area contributed by atoms with Crippen LogP contribution in [0.25, 0.3) is 0 Å². The van der Waals surface area contributed by atoms with Crippen molar-refractivity contribution < 1.29 is 27.8 Å². The van der Waals surface area contributed by atoms with Crippen LogP contribution < -0.4 is 14.6 Å². The van der Waals surface area contributed by atoms with Gasteiger partial charge in [-0.25, -0.2) is 18.4 Å². The lowest BCUT2D eigenvalue weighted by Crippen LogP contribution is -2.13. The third-order valence-corrected chi connectivity index (χ3v) is 4.01. The molecule has 2 rings (SSSR count). The minimum Gasteiger partial charge on any atom is -0.490 e. The monoisotopic (exact) mass is 362 g/mol. The summed E-state index contributed by atoms with van der Waals surface area (Å²) in [5.41, 5.74) is -0.0304. The number of benzene rings is 2. The highest BCUT2D eigenvalue weighted by Crippen LogP contribution is 2.34. The van der Waals surface area contributed by atoms with Crippen LogP contribution in [-0.2, 0) is 10.0 Å². The van der Waals surface area contributed by atoms with Crippen LogP contribution in [0.15, 0.2) is 41.3 Å². The van der Waals surface area contributed by atoms with Crippen LogP contribution >= 0.6 is 0 Å². The number of primary sulfonamides is 1. The quantitative estimate of drug-likeness (QED) is 0.801. The molecule has 8 nitrogen and oxygen atoms in total. The number of carboxylic acid groups (broad SMARTS) is 1. The number of nitriles is 1. The fourth-order valence-electron chi connectivity index (χ4n) is 1.99. The van der Waals surface area contributed by atoms with Crippen molar-refractivity contribution in [2.75, 3.05) is 6.61 Å². The van der Waals surface area contributed by atoms with Crippen molar-refractivity contribution in [3.63, 3.8) is 0 Å². The van der Waals surface area contributed by atoms with Gasteiger partial charge in [0.15, 0.2) is 11.5 Å². The SMILES string of the molecule is CCOc1cc(C#N)ccc1Oc1ccc(S(N)(=O)=O)cc1C(=O)O. The van der Waals surface area contributed by atoms with Crippen molar-refractivity contribution in [1.29, 1.82) is 5.26 Å². The molecule has 0 saturated heterocycles. The van der Waals surface area contributed by atoms with Gasteiger partial charge in [0, 0.05) is 6.07 Å². The maximum absolute atomic E-state index is 11.4. The molecule has 3 N–H and O–H groups in total. The number of nitrogens with two attached hydrogens (primary N) is 1. The predicted octanol–water partition coefficient (Wildman–Crippen LogP) is 2.09. The topological polar surface area (TPSA) is 140 Å². The average molecular weight is 362 g/mol. The first-order valence-electron chi connectivity index (χ1n) is 7.01. The second kappa shape index (κ2) is 7.21. The molecule has 0 atom stereocenters. The minimum atomic E-state index is -4.05. The zero-order valence-corrected chi connectivity index (χ0v) is 13.9. The molecule has 0 aliphatic heterocycles. The lowest BCUT2D eigenvalue weighted by molar-refractivity contribution is 0.0693. The van der Waals surface area contributed by atoms with Crippen molar-refractivity contribution in [1.82, 2.24) is 0 Å². The Hall–Kier alpha value is -3.09. The third-order valence-electron chi connectivity index (χ3n) is 3.10. The van der Waals surface area contributed by atoms with Crippen LogP contribution in [0.4, 0.5) is 0 Å². The van der Waals surface area contributed by atoms with Crippen molar-refractivity contribution in [3.8, 4) is 23.3 Å². The van der Waals surface area contributed by atoms with Crippen molar-refractivity contribution in [3.05, 3.63) is 47.5 Å². The summed E-state index contributed by atoms with van der Waals surface area (Å²) in [6.45, 7) is 2.05. The van der Waals surface area contributed by atoms with E-state index in [-0.39, 0.29) is 27.7 Å². The van der Waals surface area contributed by atoms with E-state index in [1.165, 1.54) is 24.3 Å². The van der Waals surface area contributed by atoms with E-state index in [9.17, 15) is 18.3 Å². The second-order valence-electron chi connectivity index (χ2n) is 4.82. The molecule has 0 heterocycles. The largest absolute Gasteiger partial charge is 0.490 e. The molecule has 2 aromatic carbocycles. The van der Waals surface area contributed by atoms with E-state index >= 15 is 0 Å². The van der Waals surface area contributed by atoms with Crippen LogP contribution in [0.1, 0.15) is 22.8 Å². The summed E-state index contributed by atoms with van der Waals surface area (Å²) < 4.78 is 33.7. The summed E-state index contributed by atoms with van der Waals surface area (Å²) in [6.07, 6.45) is 0. The second-order valence-corrected chi connectivity index (χ2v) is 6.38. The molecule has 0 aromatic heterocycles. The van der Waals surface area contributed by atoms with Crippen LogP contribution in [0.2, 0.25) is 0 Å². The van der Waals surface area contributed by atoms with Crippen LogP contribution in [0, 0.1) is 11.3 Å². The normalized spacial score (nSPS) is 10.8. The lowest BCUT2D eigenvalue weighted by Gasteiger charge is -2.14. The summed E-state index contributed by atoms with van der Waals surface area (Å²) >= 11 is 0. The Morgan fingerprint density at radius 1 is 1.20 bits per heavy atom. The Morgan fingerprint density at radius 3 is 2.44 bits per heavy atom. The zero-order valence-electron chi connectivity index (χ0n) is 13.1. The highest BCUT2D eigenvalue weighted by molar-refractivity contribution is 7.89. The number of ether oxygens (including phenoxy) is 2. The van der Waals surface area contributed by atoms with Crippen molar-refractivity contribution in [2.45, 2.75) is 11.8 Å². The molecule has 0 spiro atoms. The molecule has 0 amide bonds. The Morgan fingerprint density at radius 2 is 1.88 bits per heavy atom. The molecule has 0 aliphatic rings. The first-order valence-corrected chi connectivity index (χ1v) is 8.56. The number of carbonyl (C=O) groups is 1. The van der Waals surface area contributed by atoms with Crippen molar-refractivity contribution in [2.24, 2.45) is 5.14 Å². The molecule has 0 aliphatic carbocycles. The van der Waals surface area contributed by atoms with E-state index in [1.54, 1.807) is 6.92 Å². The van der Waals surface area contributed by atoms with Gasteiger partial charge in [0.2, 0.25) is 10.0 Å². The van der Waals surface area contributed by atoms with Gasteiger partial charge in [-0.1, -0.05) is 0 Å². The summed E-state index contributed by atoms with van der Waals surface area (Å²) in [7, 11) is -4.05. The van der Waals surface area contributed by atoms with E-state index in [0.29, 0.717) is 12.2 Å². The first kappa shape index (κ1) is 18.3. The van der Waals surface area contributed by atoms with Gasteiger partial charge in [-0.15, -0.1) is 0 Å². The number of aromatic carboxylic acids is 1. The van der Waals surface area contributed by atoms with Crippen LogP contribution in [0.3, 0.4) is 0 Å². The van der Waals surface area contributed by atoms with Gasteiger partial charge in [-0.2, -0.15) is 5.26 Å². The summed E-state index contributed by atoms with van der Waals surface area (Å²) in [6, 6.07) is 9.61. The molecule has 0 radical (unpaired) electrons. The molecule has 0 unspecified atom stereocenters. The van der Waals surface area contributed by atoms with Crippen LogP contribution in [-0.4, -0.2) is 26.1 Å². The standard InChI is InChI=1S/C16H14N2O6S/c1-2-23-15-7-10(9-17)3-5-14(15)24-13-6-4-11(25(18,21)22)8-12(13)16(19)20/h3-8H,2H2,1H3,(H,19,20)(H2,18,21,22). The summed E-state index contributed by atoms with van der Waals surface area (Å²) in [5, 5.41) is 23.3. The number of nitrogens with zero attached hydrogens (tertiary/aromatic N) is 1. The lowest BCUT2D eigenvalue weighted by atomic mass is 10.2. The van der Waals surface area contributed by atoms with E-state index in [2.05, 4.69) is 0 Å². The van der Waals surface area contributed by atoms with Crippen molar-refractivity contribution >= 4 is 16.0 Å². The molecule has 0 fully saturated rings. The van der Waals surface area contributed by atoms with Crippen LogP contribution in [0.5, 0.6) is 17.2 Å². The van der Waals surface area contributed by atoms with Gasteiger partial charge < -0.3 is 14.6 Å². The van der Waals surface area contributed by atoms with E-state index in [0.717, 1.165) is 12.1 Å². The predicted molar refractivity (Wildman–Crippen MR) is 87.2 cm³/mol. The molecule has 130 valence electrons. The molecule has 9 heteroatoms. The maximum Gasteiger partial charge on any atom is 0.339 e. The number of hydrogen-bond acceptors (Lipinski definition) is 6. The number of sulfonamides is 1. The summed E-state index contributed by atoms with van der Waals surface area (Å²) in [4.78, 5) is 11.1. The Balaban J connectivity index is 2.50. The molecule has 0 saturated carbocycles. The van der Waals surface area contributed by atoms with Gasteiger partial charge in [0.25, 0.3) is 0 Å². The van der Waals surface area contributed by atoms with E-state index in [4.69, 9.17) is 19.9 Å². The van der Waals surface area contributed by atoms with Gasteiger partial charge >= 0.3 is 5.97 Å². The third kappa shape index (κ3) is 4.26. The first-order chi connectivity index (χ1) is 11.8. The maximum atomic E-state index is 11.4. The number of hydrogen-bond donors (Lipinski definition) is 2. The van der Waals surface area contributed by atoms with Gasteiger partial charge in [-0.05, 0) is 37.3 Å². The highest BCUT2D eigenvalue weighted by Gasteiger charge is 2.19. The molecule has 2 aromatic rings. The smallest absolute Gasteiger partial charge is 0.339 e. The molecule has 25 heavy (non-hydrogen) atoms. The number of rotatable bonds is 6. The fourth-order valence-corrected chi connectivity index (χ4v) is 2.53. The van der Waals surface area contributed by atoms with Gasteiger partial charge in [-0.3, -0.25) is 0 Å². The highest BCUT2D eigenvalue weighted by atomic mass is 32.2. The molecular weight excluding hydrogens is 348 g/mol. The number of carboxylic acids is 1. The Bertz CT molecular complexity index is 963. The Labute approximate surface area is 144 Å².